The van der Waals surface area contributed by atoms with E-state index in [1.165, 1.54) is 12.8 Å². The van der Waals surface area contributed by atoms with E-state index in [2.05, 4.69) is 26.8 Å². The molecular formula is C19H28N4O2. The Bertz CT molecular complexity index is 738. The van der Waals surface area contributed by atoms with E-state index in [-0.39, 0.29) is 12.2 Å². The van der Waals surface area contributed by atoms with Crippen LogP contribution in [0.3, 0.4) is 0 Å². The molecule has 0 amide bonds. The summed E-state index contributed by atoms with van der Waals surface area (Å²) < 4.78 is 0. The van der Waals surface area contributed by atoms with Gasteiger partial charge in [0, 0.05) is 26.1 Å². The van der Waals surface area contributed by atoms with E-state index in [0.717, 1.165) is 50.5 Å². The van der Waals surface area contributed by atoms with Gasteiger partial charge in [-0.2, -0.15) is 0 Å². The molecule has 2 heterocycles. The number of β-amino-alcohol motifs (C(OH)–C–C–N with tert-alkyl or cyclic N) is 1. The van der Waals surface area contributed by atoms with E-state index in [1.54, 1.807) is 6.07 Å². The third kappa shape index (κ3) is 4.87. The first-order valence-electron chi connectivity index (χ1n) is 9.15. The number of likely N-dealkylation sites (N-methyl/N-ethyl adjacent to an activating group) is 1. The van der Waals surface area contributed by atoms with Crippen molar-refractivity contribution >= 4 is 10.9 Å². The summed E-state index contributed by atoms with van der Waals surface area (Å²) in [5.41, 5.74) is 0.708. The molecule has 0 atom stereocenters. The fourth-order valence-corrected chi connectivity index (χ4v) is 3.62. The van der Waals surface area contributed by atoms with Gasteiger partial charge in [0.2, 0.25) is 0 Å². The highest BCUT2D eigenvalue weighted by atomic mass is 16.3. The molecule has 0 bridgehead atoms. The van der Waals surface area contributed by atoms with Crippen molar-refractivity contribution in [1.82, 2.24) is 19.8 Å². The van der Waals surface area contributed by atoms with Gasteiger partial charge in [-0.3, -0.25) is 4.79 Å². The SMILES string of the molecule is CN(CCc1nc2ccccc2c(=O)[nH]1)CC1CCN(CCO)CC1. The predicted molar refractivity (Wildman–Crippen MR) is 99.8 cm³/mol. The van der Waals surface area contributed by atoms with Gasteiger partial charge < -0.3 is 19.9 Å². The number of nitrogens with zero attached hydrogens (tertiary/aromatic N) is 3. The average molecular weight is 344 g/mol. The van der Waals surface area contributed by atoms with Crippen LogP contribution in [0.1, 0.15) is 18.7 Å². The summed E-state index contributed by atoms with van der Waals surface area (Å²) in [6.07, 6.45) is 3.13. The van der Waals surface area contributed by atoms with Gasteiger partial charge in [-0.15, -0.1) is 0 Å². The maximum Gasteiger partial charge on any atom is 0.258 e. The van der Waals surface area contributed by atoms with Crippen molar-refractivity contribution in [1.29, 1.82) is 0 Å². The van der Waals surface area contributed by atoms with E-state index >= 15 is 0 Å². The third-order valence-electron chi connectivity index (χ3n) is 5.09. The smallest absolute Gasteiger partial charge is 0.258 e. The topological polar surface area (TPSA) is 72.5 Å². The van der Waals surface area contributed by atoms with Crippen molar-refractivity contribution in [3.63, 3.8) is 0 Å². The largest absolute Gasteiger partial charge is 0.395 e. The molecule has 0 spiro atoms. The van der Waals surface area contributed by atoms with Gasteiger partial charge in [0.15, 0.2) is 0 Å². The average Bonchev–Trinajstić information content (AvgIpc) is 2.62. The van der Waals surface area contributed by atoms with E-state index in [0.29, 0.717) is 11.3 Å². The van der Waals surface area contributed by atoms with Crippen LogP contribution in [0.4, 0.5) is 0 Å². The fourth-order valence-electron chi connectivity index (χ4n) is 3.62. The molecule has 0 saturated carbocycles. The Hall–Kier alpha value is -1.76. The van der Waals surface area contributed by atoms with Gasteiger partial charge in [-0.1, -0.05) is 12.1 Å². The number of aromatic nitrogens is 2. The Balaban J connectivity index is 1.49. The maximum absolute atomic E-state index is 12.1. The number of aromatic amines is 1. The highest BCUT2D eigenvalue weighted by Crippen LogP contribution is 2.17. The quantitative estimate of drug-likeness (QED) is 0.787. The highest BCUT2D eigenvalue weighted by Gasteiger charge is 2.19. The zero-order valence-electron chi connectivity index (χ0n) is 14.9. The lowest BCUT2D eigenvalue weighted by molar-refractivity contribution is 0.131. The second-order valence-electron chi connectivity index (χ2n) is 7.05. The molecule has 1 aliphatic rings. The van der Waals surface area contributed by atoms with Gasteiger partial charge in [0.05, 0.1) is 17.5 Å². The van der Waals surface area contributed by atoms with Crippen LogP contribution >= 0.6 is 0 Å². The van der Waals surface area contributed by atoms with Crippen molar-refractivity contribution in [2.45, 2.75) is 19.3 Å². The molecule has 3 rings (SSSR count). The Labute approximate surface area is 148 Å². The van der Waals surface area contributed by atoms with Crippen LogP contribution in [0.2, 0.25) is 0 Å². The van der Waals surface area contributed by atoms with Crippen LogP contribution in [-0.2, 0) is 6.42 Å². The summed E-state index contributed by atoms with van der Waals surface area (Å²) in [5.74, 6) is 1.47. The number of aliphatic hydroxyl groups is 1. The standard InChI is InChI=1S/C19H28N4O2/c1-22(14-15-6-10-23(11-7-15)12-13-24)9-8-18-20-17-5-3-2-4-16(17)19(25)21-18/h2-5,15,24H,6-14H2,1H3,(H,20,21,25). The molecule has 136 valence electrons. The van der Waals surface area contributed by atoms with Crippen LogP contribution in [-0.4, -0.2) is 71.3 Å². The number of para-hydroxylation sites is 1. The van der Waals surface area contributed by atoms with Crippen molar-refractivity contribution in [3.05, 3.63) is 40.4 Å². The number of H-pyrrole nitrogens is 1. The molecule has 0 unspecified atom stereocenters. The molecule has 1 aliphatic heterocycles. The zero-order valence-corrected chi connectivity index (χ0v) is 14.9. The molecule has 1 saturated heterocycles. The minimum Gasteiger partial charge on any atom is -0.395 e. The molecule has 1 aromatic heterocycles. The summed E-state index contributed by atoms with van der Waals surface area (Å²) in [5, 5.41) is 9.66. The summed E-state index contributed by atoms with van der Waals surface area (Å²) in [6.45, 7) is 5.17. The third-order valence-corrected chi connectivity index (χ3v) is 5.09. The first-order valence-corrected chi connectivity index (χ1v) is 9.15. The molecule has 1 fully saturated rings. The number of hydrogen-bond donors (Lipinski definition) is 2. The van der Waals surface area contributed by atoms with Gasteiger partial charge >= 0.3 is 0 Å². The zero-order chi connectivity index (χ0) is 17.6. The van der Waals surface area contributed by atoms with E-state index < -0.39 is 0 Å². The number of nitrogens with one attached hydrogen (secondary N) is 1. The fraction of sp³-hybridized carbons (Fsp3) is 0.579. The van der Waals surface area contributed by atoms with Crippen LogP contribution in [0, 0.1) is 5.92 Å². The molecule has 2 aromatic rings. The van der Waals surface area contributed by atoms with E-state index in [4.69, 9.17) is 5.11 Å². The number of benzene rings is 1. The van der Waals surface area contributed by atoms with Crippen LogP contribution < -0.4 is 5.56 Å². The van der Waals surface area contributed by atoms with Crippen molar-refractivity contribution in [2.75, 3.05) is 46.4 Å². The van der Waals surface area contributed by atoms with Crippen LogP contribution in [0.5, 0.6) is 0 Å². The Morgan fingerprint density at radius 3 is 2.84 bits per heavy atom. The number of piperidine rings is 1. The molecule has 6 heteroatoms. The summed E-state index contributed by atoms with van der Waals surface area (Å²) in [6, 6.07) is 7.46. The number of rotatable bonds is 7. The molecular weight excluding hydrogens is 316 g/mol. The maximum atomic E-state index is 12.1. The van der Waals surface area contributed by atoms with Gasteiger partial charge in [-0.05, 0) is 51.0 Å². The van der Waals surface area contributed by atoms with Gasteiger partial charge in [0.1, 0.15) is 5.82 Å². The highest BCUT2D eigenvalue weighted by molar-refractivity contribution is 5.77. The van der Waals surface area contributed by atoms with E-state index in [9.17, 15) is 4.79 Å². The number of likely N-dealkylation sites (tertiary alicyclic amines) is 1. The summed E-state index contributed by atoms with van der Waals surface area (Å²) in [4.78, 5) is 24.3. The lowest BCUT2D eigenvalue weighted by Crippen LogP contribution is -2.39. The van der Waals surface area contributed by atoms with E-state index in [1.807, 2.05) is 18.2 Å². The minimum absolute atomic E-state index is 0.0560. The van der Waals surface area contributed by atoms with Crippen molar-refractivity contribution in [2.24, 2.45) is 5.92 Å². The molecule has 0 aliphatic carbocycles. The second kappa shape index (κ2) is 8.56. The summed E-state index contributed by atoms with van der Waals surface area (Å²) >= 11 is 0. The number of hydrogen-bond acceptors (Lipinski definition) is 5. The molecule has 0 radical (unpaired) electrons. The monoisotopic (exact) mass is 344 g/mol. The molecule has 6 nitrogen and oxygen atoms in total. The van der Waals surface area contributed by atoms with Gasteiger partial charge in [0.25, 0.3) is 5.56 Å². The normalized spacial score (nSPS) is 16.8. The Morgan fingerprint density at radius 2 is 2.08 bits per heavy atom. The molecule has 25 heavy (non-hydrogen) atoms. The first-order chi connectivity index (χ1) is 12.2. The summed E-state index contributed by atoms with van der Waals surface area (Å²) in [7, 11) is 2.14. The minimum atomic E-state index is -0.0560. The number of fused-ring (bicyclic) bond motifs is 1. The Morgan fingerprint density at radius 1 is 1.32 bits per heavy atom. The van der Waals surface area contributed by atoms with Crippen LogP contribution in [0.15, 0.2) is 29.1 Å². The Kier molecular flexibility index (Phi) is 6.18. The van der Waals surface area contributed by atoms with Crippen molar-refractivity contribution < 1.29 is 5.11 Å². The van der Waals surface area contributed by atoms with Crippen molar-refractivity contribution in [3.8, 4) is 0 Å². The first kappa shape index (κ1) is 18.0. The number of aliphatic hydroxyl groups excluding tert-OH is 1. The lowest BCUT2D eigenvalue weighted by atomic mass is 9.96. The van der Waals surface area contributed by atoms with Gasteiger partial charge in [-0.25, -0.2) is 4.98 Å². The second-order valence-corrected chi connectivity index (χ2v) is 7.05. The lowest BCUT2D eigenvalue weighted by Gasteiger charge is -2.33. The molecule has 2 N–H and O–H groups in total. The van der Waals surface area contributed by atoms with Crippen LogP contribution in [0.25, 0.3) is 10.9 Å². The predicted octanol–water partition coefficient (Wildman–Crippen LogP) is 1.10. The molecule has 1 aromatic carbocycles.